The van der Waals surface area contributed by atoms with Crippen molar-refractivity contribution in [2.75, 3.05) is 14.1 Å². The third-order valence-corrected chi connectivity index (χ3v) is 4.87. The maximum Gasteiger partial charge on any atom is 0.242 e. The third-order valence-electron chi connectivity index (χ3n) is 3.04. The monoisotopic (exact) mass is 309 g/mol. The van der Waals surface area contributed by atoms with Gasteiger partial charge in [-0.25, -0.2) is 12.7 Å². The number of hydrogen-bond donors (Lipinski definition) is 0. The van der Waals surface area contributed by atoms with E-state index in [0.29, 0.717) is 12.4 Å². The van der Waals surface area contributed by atoms with Gasteiger partial charge in [0.1, 0.15) is 6.61 Å². The SMILES string of the molecule is CCn1cc(OCc2ccc(S(=O)(=O)N(C)C)cc2)cn1. The van der Waals surface area contributed by atoms with Gasteiger partial charge in [0.05, 0.1) is 17.3 Å². The second-order valence-corrected chi connectivity index (χ2v) is 6.90. The zero-order valence-corrected chi connectivity index (χ0v) is 13.2. The van der Waals surface area contributed by atoms with Crippen LogP contribution in [0.1, 0.15) is 12.5 Å². The highest BCUT2D eigenvalue weighted by Gasteiger charge is 2.16. The lowest BCUT2D eigenvalue weighted by molar-refractivity contribution is 0.305. The molecule has 0 atom stereocenters. The van der Waals surface area contributed by atoms with Gasteiger partial charge in [0.25, 0.3) is 0 Å². The zero-order chi connectivity index (χ0) is 15.5. The van der Waals surface area contributed by atoms with Crippen LogP contribution < -0.4 is 4.74 Å². The smallest absolute Gasteiger partial charge is 0.242 e. The molecule has 0 unspecified atom stereocenters. The Kier molecular flexibility index (Phi) is 4.64. The minimum Gasteiger partial charge on any atom is -0.486 e. The zero-order valence-electron chi connectivity index (χ0n) is 12.4. The number of benzene rings is 1. The molecule has 0 saturated carbocycles. The number of ether oxygens (including phenoxy) is 1. The lowest BCUT2D eigenvalue weighted by Crippen LogP contribution is -2.22. The van der Waals surface area contributed by atoms with Crippen molar-refractivity contribution < 1.29 is 13.2 Å². The van der Waals surface area contributed by atoms with Crippen molar-refractivity contribution in [1.29, 1.82) is 0 Å². The van der Waals surface area contributed by atoms with Gasteiger partial charge in [0, 0.05) is 20.6 Å². The molecule has 2 rings (SSSR count). The summed E-state index contributed by atoms with van der Waals surface area (Å²) in [5, 5.41) is 4.12. The first-order chi connectivity index (χ1) is 9.93. The van der Waals surface area contributed by atoms with Gasteiger partial charge >= 0.3 is 0 Å². The van der Waals surface area contributed by atoms with Gasteiger partial charge in [-0.05, 0) is 24.6 Å². The van der Waals surface area contributed by atoms with Crippen molar-refractivity contribution in [3.05, 3.63) is 42.2 Å². The molecular formula is C14H19N3O3S. The summed E-state index contributed by atoms with van der Waals surface area (Å²) in [7, 11) is -0.358. The van der Waals surface area contributed by atoms with E-state index in [1.807, 2.05) is 13.1 Å². The van der Waals surface area contributed by atoms with Crippen LogP contribution in [-0.2, 0) is 23.2 Å². The number of sulfonamides is 1. The number of rotatable bonds is 6. The van der Waals surface area contributed by atoms with Gasteiger partial charge in [-0.15, -0.1) is 0 Å². The molecule has 0 fully saturated rings. The number of aromatic nitrogens is 2. The molecule has 0 aliphatic heterocycles. The maximum atomic E-state index is 11.9. The Bertz CT molecular complexity index is 691. The molecule has 1 aromatic carbocycles. The maximum absolute atomic E-state index is 11.9. The molecule has 21 heavy (non-hydrogen) atoms. The van der Waals surface area contributed by atoms with Crippen LogP contribution in [0.2, 0.25) is 0 Å². The van der Waals surface area contributed by atoms with Gasteiger partial charge in [0.2, 0.25) is 10.0 Å². The fraction of sp³-hybridized carbons (Fsp3) is 0.357. The molecule has 0 N–H and O–H groups in total. The molecule has 0 radical (unpaired) electrons. The van der Waals surface area contributed by atoms with Gasteiger partial charge in [-0.1, -0.05) is 12.1 Å². The molecule has 1 aromatic heterocycles. The Labute approximate surface area is 125 Å². The highest BCUT2D eigenvalue weighted by Crippen LogP contribution is 2.16. The van der Waals surface area contributed by atoms with Crippen LogP contribution >= 0.6 is 0 Å². The van der Waals surface area contributed by atoms with Crippen LogP contribution in [0.4, 0.5) is 0 Å². The van der Waals surface area contributed by atoms with Gasteiger partial charge in [0.15, 0.2) is 5.75 Å². The first kappa shape index (κ1) is 15.5. The van der Waals surface area contributed by atoms with Crippen molar-refractivity contribution in [2.24, 2.45) is 0 Å². The Morgan fingerprint density at radius 3 is 2.43 bits per heavy atom. The summed E-state index contributed by atoms with van der Waals surface area (Å²) < 4.78 is 32.5. The van der Waals surface area contributed by atoms with Crippen molar-refractivity contribution >= 4 is 10.0 Å². The first-order valence-electron chi connectivity index (χ1n) is 6.60. The fourth-order valence-corrected chi connectivity index (χ4v) is 2.63. The van der Waals surface area contributed by atoms with Gasteiger partial charge in [-0.2, -0.15) is 5.10 Å². The van der Waals surface area contributed by atoms with E-state index in [0.717, 1.165) is 12.1 Å². The van der Waals surface area contributed by atoms with E-state index in [4.69, 9.17) is 4.74 Å². The fourth-order valence-electron chi connectivity index (χ4n) is 1.73. The molecule has 6 nitrogen and oxygen atoms in total. The standard InChI is InChI=1S/C14H19N3O3S/c1-4-17-10-13(9-15-17)20-11-12-5-7-14(8-6-12)21(18,19)16(2)3/h5-10H,4,11H2,1-3H3. The average molecular weight is 309 g/mol. The van der Waals surface area contributed by atoms with E-state index < -0.39 is 10.0 Å². The molecule has 2 aromatic rings. The summed E-state index contributed by atoms with van der Waals surface area (Å²) in [6.07, 6.45) is 3.49. The van der Waals surface area contributed by atoms with Crippen molar-refractivity contribution in [1.82, 2.24) is 14.1 Å². The van der Waals surface area contributed by atoms with Crippen LogP contribution in [0.15, 0.2) is 41.6 Å². The molecule has 114 valence electrons. The number of aryl methyl sites for hydroxylation is 1. The minimum absolute atomic E-state index is 0.273. The normalized spacial score (nSPS) is 11.8. The molecule has 0 aliphatic carbocycles. The number of hydrogen-bond acceptors (Lipinski definition) is 4. The summed E-state index contributed by atoms with van der Waals surface area (Å²) >= 11 is 0. The minimum atomic E-state index is -3.38. The molecule has 0 aliphatic rings. The second kappa shape index (κ2) is 6.28. The molecule has 1 heterocycles. The van der Waals surface area contributed by atoms with Crippen molar-refractivity contribution in [2.45, 2.75) is 25.0 Å². The quantitative estimate of drug-likeness (QED) is 0.815. The van der Waals surface area contributed by atoms with E-state index in [1.165, 1.54) is 18.4 Å². The molecule has 0 amide bonds. The predicted molar refractivity (Wildman–Crippen MR) is 79.5 cm³/mol. The molecule has 0 spiro atoms. The van der Waals surface area contributed by atoms with Gasteiger partial charge < -0.3 is 4.74 Å². The Balaban J connectivity index is 2.03. The predicted octanol–water partition coefficient (Wildman–Crippen LogP) is 1.73. The molecular weight excluding hydrogens is 290 g/mol. The van der Waals surface area contributed by atoms with E-state index in [-0.39, 0.29) is 4.90 Å². The summed E-state index contributed by atoms with van der Waals surface area (Å²) in [5.74, 6) is 0.696. The second-order valence-electron chi connectivity index (χ2n) is 4.75. The molecule has 0 bridgehead atoms. The van der Waals surface area contributed by atoms with E-state index in [1.54, 1.807) is 35.1 Å². The topological polar surface area (TPSA) is 64.4 Å². The van der Waals surface area contributed by atoms with E-state index in [2.05, 4.69) is 5.10 Å². The van der Waals surface area contributed by atoms with Gasteiger partial charge in [-0.3, -0.25) is 4.68 Å². The Hall–Kier alpha value is -1.86. The number of nitrogens with zero attached hydrogens (tertiary/aromatic N) is 3. The molecule has 0 saturated heterocycles. The van der Waals surface area contributed by atoms with Crippen LogP contribution in [-0.4, -0.2) is 36.6 Å². The summed E-state index contributed by atoms with van der Waals surface area (Å²) in [4.78, 5) is 0.273. The highest BCUT2D eigenvalue weighted by atomic mass is 32.2. The Morgan fingerprint density at radius 2 is 1.90 bits per heavy atom. The largest absolute Gasteiger partial charge is 0.486 e. The van der Waals surface area contributed by atoms with Crippen LogP contribution in [0.25, 0.3) is 0 Å². The van der Waals surface area contributed by atoms with E-state index in [9.17, 15) is 8.42 Å². The van der Waals surface area contributed by atoms with Crippen LogP contribution in [0, 0.1) is 0 Å². The van der Waals surface area contributed by atoms with Crippen LogP contribution in [0.3, 0.4) is 0 Å². The van der Waals surface area contributed by atoms with Crippen molar-refractivity contribution in [3.8, 4) is 5.75 Å². The summed E-state index contributed by atoms with van der Waals surface area (Å²) in [6, 6.07) is 6.67. The molecule has 7 heteroatoms. The summed E-state index contributed by atoms with van der Waals surface area (Å²) in [6.45, 7) is 3.17. The van der Waals surface area contributed by atoms with Crippen molar-refractivity contribution in [3.63, 3.8) is 0 Å². The lowest BCUT2D eigenvalue weighted by Gasteiger charge is -2.11. The third kappa shape index (κ3) is 3.62. The average Bonchev–Trinajstić information content (AvgIpc) is 2.93. The van der Waals surface area contributed by atoms with E-state index >= 15 is 0 Å². The first-order valence-corrected chi connectivity index (χ1v) is 8.04. The van der Waals surface area contributed by atoms with Crippen LogP contribution in [0.5, 0.6) is 5.75 Å². The highest BCUT2D eigenvalue weighted by molar-refractivity contribution is 7.89. The summed E-state index contributed by atoms with van der Waals surface area (Å²) in [5.41, 5.74) is 0.900. The Morgan fingerprint density at radius 1 is 1.24 bits per heavy atom. The lowest BCUT2D eigenvalue weighted by atomic mass is 10.2.